The number of carbonyl (C=O) groups is 1. The highest BCUT2D eigenvalue weighted by molar-refractivity contribution is 5.81. The van der Waals surface area contributed by atoms with Gasteiger partial charge in [0, 0.05) is 6.08 Å². The molecular formula is C12H6F16O2. The number of ether oxygens (including phenoxy) is 1. The van der Waals surface area contributed by atoms with E-state index < -0.39 is 60.5 Å². The summed E-state index contributed by atoms with van der Waals surface area (Å²) in [5.74, 6) is -57.3. The first-order valence-electron chi connectivity index (χ1n) is 6.62. The Bertz CT molecular complexity index is 653. The summed E-state index contributed by atoms with van der Waals surface area (Å²) in [4.78, 5) is 10.5. The van der Waals surface area contributed by atoms with Gasteiger partial charge in [0.05, 0.1) is 0 Å². The lowest BCUT2D eigenvalue weighted by molar-refractivity contribution is -0.447. The summed E-state index contributed by atoms with van der Waals surface area (Å²) in [5, 5.41) is 0. The quantitative estimate of drug-likeness (QED) is 0.234. The number of alkyl halides is 16. The summed E-state index contributed by atoms with van der Waals surface area (Å²) in [6.07, 6.45) is -5.94. The molecule has 0 unspecified atom stereocenters. The first-order chi connectivity index (χ1) is 12.9. The maximum atomic E-state index is 13.3. The lowest BCUT2D eigenvalue weighted by Crippen LogP contribution is -2.74. The van der Waals surface area contributed by atoms with Crippen LogP contribution in [-0.2, 0) is 9.53 Å². The minimum Gasteiger partial charge on any atom is -0.456 e. The molecule has 0 rings (SSSR count). The van der Waals surface area contributed by atoms with Gasteiger partial charge >= 0.3 is 53.9 Å². The van der Waals surface area contributed by atoms with Crippen LogP contribution in [0.2, 0.25) is 0 Å². The van der Waals surface area contributed by atoms with Crippen molar-refractivity contribution in [2.75, 3.05) is 6.61 Å². The standard InChI is InChI=1S/C12H6F16O2/c1-2-4(29)30-3-6(15,16)8(19,20)10(23,24)12(27,28)11(25,26)9(21,22)7(17,18)5(13)14/h2,5H,1,3H2. The first-order valence-corrected chi connectivity index (χ1v) is 6.62. The summed E-state index contributed by atoms with van der Waals surface area (Å²) >= 11 is 0. The molecule has 0 N–H and O–H groups in total. The Morgan fingerprint density at radius 1 is 0.700 bits per heavy atom. The Morgan fingerprint density at radius 3 is 1.37 bits per heavy atom. The predicted octanol–water partition coefficient (Wildman–Crippen LogP) is 5.43. The molecule has 0 aromatic rings. The highest BCUT2D eigenvalue weighted by Gasteiger charge is 2.93. The molecule has 0 aliphatic heterocycles. The first kappa shape index (κ1) is 28.1. The molecule has 0 aliphatic carbocycles. The van der Waals surface area contributed by atoms with E-state index in [1.807, 2.05) is 0 Å². The molecule has 0 bridgehead atoms. The minimum absolute atomic E-state index is 0.0396. The molecule has 0 heterocycles. The van der Waals surface area contributed by atoms with Crippen LogP contribution in [0.1, 0.15) is 0 Å². The van der Waals surface area contributed by atoms with Crippen LogP contribution >= 0.6 is 0 Å². The van der Waals surface area contributed by atoms with E-state index in [2.05, 4.69) is 11.3 Å². The van der Waals surface area contributed by atoms with E-state index in [0.717, 1.165) is 0 Å². The molecule has 18 heteroatoms. The number of rotatable bonds is 10. The third-order valence-corrected chi connectivity index (χ3v) is 3.29. The number of hydrogen-bond donors (Lipinski definition) is 0. The van der Waals surface area contributed by atoms with Crippen molar-refractivity contribution in [1.82, 2.24) is 0 Å². The molecule has 0 radical (unpaired) electrons. The fourth-order valence-corrected chi connectivity index (χ4v) is 1.48. The van der Waals surface area contributed by atoms with Gasteiger partial charge in [-0.05, 0) is 0 Å². The zero-order chi connectivity index (χ0) is 24.8. The summed E-state index contributed by atoms with van der Waals surface area (Å²) in [5.41, 5.74) is 0. The second-order valence-electron chi connectivity index (χ2n) is 5.31. The van der Waals surface area contributed by atoms with Crippen molar-refractivity contribution in [3.63, 3.8) is 0 Å². The minimum atomic E-state index is -8.48. The van der Waals surface area contributed by atoms with E-state index in [4.69, 9.17) is 0 Å². The van der Waals surface area contributed by atoms with Crippen LogP contribution in [0.4, 0.5) is 70.2 Å². The Hall–Kier alpha value is -1.91. The SMILES string of the molecule is C=CC(=O)OCC(F)(F)C(F)(F)C(F)(F)C(F)(F)C(F)(F)C(F)(F)C(F)(F)C(F)F. The van der Waals surface area contributed by atoms with Crippen LogP contribution in [0.3, 0.4) is 0 Å². The van der Waals surface area contributed by atoms with Crippen molar-refractivity contribution in [3.8, 4) is 0 Å². The van der Waals surface area contributed by atoms with Crippen molar-refractivity contribution in [2.24, 2.45) is 0 Å². The molecule has 0 atom stereocenters. The zero-order valence-corrected chi connectivity index (χ0v) is 13.4. The van der Waals surface area contributed by atoms with Gasteiger partial charge in [-0.25, -0.2) is 13.6 Å². The highest BCUT2D eigenvalue weighted by atomic mass is 19.4. The second-order valence-corrected chi connectivity index (χ2v) is 5.31. The smallest absolute Gasteiger partial charge is 0.385 e. The molecular weight excluding hydrogens is 480 g/mol. The fraction of sp³-hybridized carbons (Fsp3) is 0.750. The van der Waals surface area contributed by atoms with E-state index in [0.29, 0.717) is 0 Å². The summed E-state index contributed by atoms with van der Waals surface area (Å²) in [6.45, 7) is -0.699. The third-order valence-electron chi connectivity index (χ3n) is 3.29. The normalized spacial score (nSPS) is 15.4. The maximum Gasteiger partial charge on any atom is 0.385 e. The van der Waals surface area contributed by atoms with Gasteiger partial charge in [-0.15, -0.1) is 0 Å². The molecule has 0 aliphatic rings. The summed E-state index contributed by atoms with van der Waals surface area (Å²) in [6, 6.07) is 0. The van der Waals surface area contributed by atoms with Gasteiger partial charge in [0.25, 0.3) is 0 Å². The maximum absolute atomic E-state index is 13.3. The lowest BCUT2D eigenvalue weighted by atomic mass is 9.89. The van der Waals surface area contributed by atoms with Crippen LogP contribution in [0.15, 0.2) is 12.7 Å². The van der Waals surface area contributed by atoms with Gasteiger partial charge in [-0.3, -0.25) is 0 Å². The van der Waals surface area contributed by atoms with Crippen LogP contribution in [-0.4, -0.2) is 60.5 Å². The number of carbonyl (C=O) groups excluding carboxylic acids is 1. The average Bonchev–Trinajstić information content (AvgIpc) is 2.58. The Morgan fingerprint density at radius 2 is 1.03 bits per heavy atom. The Kier molecular flexibility index (Phi) is 7.16. The van der Waals surface area contributed by atoms with Gasteiger partial charge in [-0.2, -0.15) is 61.5 Å². The van der Waals surface area contributed by atoms with Gasteiger partial charge in [0.15, 0.2) is 6.61 Å². The molecule has 0 saturated heterocycles. The zero-order valence-electron chi connectivity index (χ0n) is 13.4. The molecule has 0 aromatic carbocycles. The van der Waals surface area contributed by atoms with Gasteiger partial charge < -0.3 is 4.74 Å². The van der Waals surface area contributed by atoms with Crippen molar-refractivity contribution < 1.29 is 79.8 Å². The number of esters is 1. The molecule has 178 valence electrons. The topological polar surface area (TPSA) is 26.3 Å². The Balaban J connectivity index is 6.45. The van der Waals surface area contributed by atoms with E-state index >= 15 is 0 Å². The number of halogens is 16. The molecule has 0 amide bonds. The predicted molar refractivity (Wildman–Crippen MR) is 61.8 cm³/mol. The molecule has 0 aromatic heterocycles. The van der Waals surface area contributed by atoms with Gasteiger partial charge in [0.2, 0.25) is 0 Å². The largest absolute Gasteiger partial charge is 0.456 e. The summed E-state index contributed by atoms with van der Waals surface area (Å²) in [7, 11) is 0. The van der Waals surface area contributed by atoms with E-state index in [-0.39, 0.29) is 6.08 Å². The van der Waals surface area contributed by atoms with Crippen LogP contribution in [0.5, 0.6) is 0 Å². The molecule has 2 nitrogen and oxygen atoms in total. The second kappa shape index (κ2) is 7.65. The number of hydrogen-bond acceptors (Lipinski definition) is 2. The summed E-state index contributed by atoms with van der Waals surface area (Å²) < 4.78 is 210. The van der Waals surface area contributed by atoms with Crippen molar-refractivity contribution >= 4 is 5.97 Å². The molecule has 0 fully saturated rings. The van der Waals surface area contributed by atoms with E-state index in [9.17, 15) is 75.0 Å². The molecule has 0 spiro atoms. The highest BCUT2D eigenvalue weighted by Crippen LogP contribution is 2.62. The average molecular weight is 486 g/mol. The lowest BCUT2D eigenvalue weighted by Gasteiger charge is -2.42. The van der Waals surface area contributed by atoms with Crippen molar-refractivity contribution in [3.05, 3.63) is 12.7 Å². The van der Waals surface area contributed by atoms with Gasteiger partial charge in [-0.1, -0.05) is 6.58 Å². The fourth-order valence-electron chi connectivity index (χ4n) is 1.48. The third kappa shape index (κ3) is 3.76. The molecule has 30 heavy (non-hydrogen) atoms. The van der Waals surface area contributed by atoms with Crippen LogP contribution in [0, 0.1) is 0 Å². The van der Waals surface area contributed by atoms with Crippen molar-refractivity contribution in [1.29, 1.82) is 0 Å². The van der Waals surface area contributed by atoms with E-state index in [1.165, 1.54) is 0 Å². The monoisotopic (exact) mass is 486 g/mol. The van der Waals surface area contributed by atoms with Crippen LogP contribution in [0.25, 0.3) is 0 Å². The van der Waals surface area contributed by atoms with Crippen molar-refractivity contribution in [2.45, 2.75) is 47.9 Å². The Labute approximate surface area is 154 Å². The molecule has 0 saturated carbocycles. The van der Waals surface area contributed by atoms with E-state index in [1.54, 1.807) is 0 Å². The van der Waals surface area contributed by atoms with Gasteiger partial charge in [0.1, 0.15) is 0 Å². The van der Waals surface area contributed by atoms with Crippen LogP contribution < -0.4 is 0 Å².